The Bertz CT molecular complexity index is 222. The maximum Gasteiger partial charge on any atom is 0.127 e. The highest BCUT2D eigenvalue weighted by Gasteiger charge is 2.04. The van der Waals surface area contributed by atoms with Crippen LogP contribution in [0.3, 0.4) is 0 Å². The molecule has 0 atom stereocenters. The summed E-state index contributed by atoms with van der Waals surface area (Å²) in [4.78, 5) is 0. The zero-order valence-corrected chi connectivity index (χ0v) is 8.49. The molecular formula is C9H15NOS. The molecule has 1 aromatic heterocycles. The zero-order valence-electron chi connectivity index (χ0n) is 7.67. The van der Waals surface area contributed by atoms with Crippen LogP contribution in [-0.4, -0.2) is 16.7 Å². The number of aromatic nitrogens is 1. The normalized spacial score (nSPS) is 10.5. The van der Waals surface area contributed by atoms with Crippen molar-refractivity contribution in [2.24, 2.45) is 0 Å². The molecule has 0 aliphatic rings. The summed E-state index contributed by atoms with van der Waals surface area (Å²) >= 11 is 1.94. The van der Waals surface area contributed by atoms with Crippen molar-refractivity contribution < 1.29 is 4.52 Å². The highest BCUT2D eigenvalue weighted by molar-refractivity contribution is 7.99. The largest absolute Gasteiger partial charge is 0.364 e. The van der Waals surface area contributed by atoms with Gasteiger partial charge >= 0.3 is 0 Å². The maximum absolute atomic E-state index is 4.91. The van der Waals surface area contributed by atoms with Crippen LogP contribution in [0.25, 0.3) is 0 Å². The highest BCUT2D eigenvalue weighted by atomic mass is 32.2. The van der Waals surface area contributed by atoms with Crippen LogP contribution in [0.1, 0.15) is 25.1 Å². The van der Waals surface area contributed by atoms with Gasteiger partial charge < -0.3 is 4.52 Å². The van der Waals surface area contributed by atoms with Gasteiger partial charge in [-0.15, -0.1) is 0 Å². The molecule has 3 heteroatoms. The second-order valence-corrected chi connectivity index (χ2v) is 3.98. The molecule has 0 unspecified atom stereocenters. The fraction of sp³-hybridized carbons (Fsp3) is 0.667. The monoisotopic (exact) mass is 185 g/mol. The smallest absolute Gasteiger partial charge is 0.127 e. The Labute approximate surface area is 77.7 Å². The van der Waals surface area contributed by atoms with Crippen LogP contribution in [0.4, 0.5) is 0 Å². The summed E-state index contributed by atoms with van der Waals surface area (Å²) in [5, 5.41) is 3.97. The summed E-state index contributed by atoms with van der Waals surface area (Å²) in [5.41, 5.74) is 2.39. The number of thioether (sulfide) groups is 1. The van der Waals surface area contributed by atoms with E-state index in [0.717, 1.165) is 24.3 Å². The van der Waals surface area contributed by atoms with E-state index in [-0.39, 0.29) is 0 Å². The minimum absolute atomic E-state index is 1.02. The summed E-state index contributed by atoms with van der Waals surface area (Å²) in [5.74, 6) is 2.33. The summed E-state index contributed by atoms with van der Waals surface area (Å²) in [6.07, 6.45) is 3.82. The molecule has 1 rings (SSSR count). The third-order valence-electron chi connectivity index (χ3n) is 1.80. The Balaban J connectivity index is 2.39. The van der Waals surface area contributed by atoms with E-state index in [1.165, 1.54) is 11.3 Å². The molecule has 0 saturated carbocycles. The molecule has 1 heterocycles. The van der Waals surface area contributed by atoms with Crippen molar-refractivity contribution in [1.29, 1.82) is 0 Å². The van der Waals surface area contributed by atoms with Gasteiger partial charge in [0.05, 0.1) is 5.69 Å². The van der Waals surface area contributed by atoms with Crippen LogP contribution in [-0.2, 0) is 12.8 Å². The Morgan fingerprint density at radius 3 is 3.00 bits per heavy atom. The number of hydrogen-bond donors (Lipinski definition) is 0. The average Bonchev–Trinajstić information content (AvgIpc) is 2.52. The second kappa shape index (κ2) is 5.25. The summed E-state index contributed by atoms with van der Waals surface area (Å²) in [6.45, 7) is 4.30. The lowest BCUT2D eigenvalue weighted by molar-refractivity contribution is 0.412. The second-order valence-electron chi connectivity index (χ2n) is 2.59. The lowest BCUT2D eigenvalue weighted by atomic mass is 10.2. The number of hydrogen-bond acceptors (Lipinski definition) is 3. The topological polar surface area (TPSA) is 26.0 Å². The van der Waals surface area contributed by atoms with Gasteiger partial charge in [-0.25, -0.2) is 0 Å². The van der Waals surface area contributed by atoms with Crippen molar-refractivity contribution >= 4 is 11.8 Å². The Hall–Kier alpha value is -0.440. The minimum Gasteiger partial charge on any atom is -0.364 e. The van der Waals surface area contributed by atoms with Gasteiger partial charge in [-0.3, -0.25) is 0 Å². The van der Waals surface area contributed by atoms with E-state index in [4.69, 9.17) is 4.52 Å². The molecule has 2 nitrogen and oxygen atoms in total. The zero-order chi connectivity index (χ0) is 8.81. The predicted octanol–water partition coefficient (Wildman–Crippen LogP) is 2.53. The summed E-state index contributed by atoms with van der Waals surface area (Å²) in [7, 11) is 0. The lowest BCUT2D eigenvalue weighted by Gasteiger charge is -1.96. The van der Waals surface area contributed by atoms with E-state index < -0.39 is 0 Å². The van der Waals surface area contributed by atoms with Crippen molar-refractivity contribution in [3.8, 4) is 0 Å². The average molecular weight is 185 g/mol. The maximum atomic E-state index is 4.91. The Morgan fingerprint density at radius 1 is 1.50 bits per heavy atom. The van der Waals surface area contributed by atoms with Crippen LogP contribution in [0, 0.1) is 0 Å². The van der Waals surface area contributed by atoms with Crippen LogP contribution in [0.15, 0.2) is 10.8 Å². The first-order chi connectivity index (χ1) is 5.88. The molecule has 0 bridgehead atoms. The number of nitrogens with zero attached hydrogens (tertiary/aromatic N) is 1. The van der Waals surface area contributed by atoms with Crippen molar-refractivity contribution in [2.75, 3.05) is 11.5 Å². The van der Waals surface area contributed by atoms with E-state index in [1.807, 2.05) is 11.8 Å². The molecule has 0 aliphatic carbocycles. The third kappa shape index (κ3) is 2.55. The van der Waals surface area contributed by atoms with Gasteiger partial charge in [0, 0.05) is 12.0 Å². The van der Waals surface area contributed by atoms with E-state index in [2.05, 4.69) is 19.0 Å². The van der Waals surface area contributed by atoms with Gasteiger partial charge in [-0.2, -0.15) is 11.8 Å². The Morgan fingerprint density at radius 2 is 2.33 bits per heavy atom. The van der Waals surface area contributed by atoms with Gasteiger partial charge in [0.25, 0.3) is 0 Å². The van der Waals surface area contributed by atoms with Crippen molar-refractivity contribution in [2.45, 2.75) is 26.7 Å². The highest BCUT2D eigenvalue weighted by Crippen LogP contribution is 2.10. The first-order valence-electron chi connectivity index (χ1n) is 4.38. The molecular weight excluding hydrogens is 170 g/mol. The summed E-state index contributed by atoms with van der Waals surface area (Å²) < 4.78 is 4.91. The molecule has 12 heavy (non-hydrogen) atoms. The quantitative estimate of drug-likeness (QED) is 0.659. The predicted molar refractivity (Wildman–Crippen MR) is 52.6 cm³/mol. The molecule has 0 radical (unpaired) electrons. The number of rotatable bonds is 5. The minimum atomic E-state index is 1.02. The third-order valence-corrected chi connectivity index (χ3v) is 2.70. The molecule has 0 spiro atoms. The molecule has 0 saturated heterocycles. The molecule has 1 aromatic rings. The standard InChI is InChI=1S/C9H15NOS/c1-3-8-7-11-10-9(8)5-6-12-4-2/h7H,3-6H2,1-2H3. The van der Waals surface area contributed by atoms with Gasteiger partial charge in [0.2, 0.25) is 0 Å². The van der Waals surface area contributed by atoms with Gasteiger partial charge in [-0.1, -0.05) is 19.0 Å². The molecule has 68 valence electrons. The lowest BCUT2D eigenvalue weighted by Crippen LogP contribution is -1.93. The van der Waals surface area contributed by atoms with E-state index in [0.29, 0.717) is 0 Å². The first kappa shape index (κ1) is 9.65. The first-order valence-corrected chi connectivity index (χ1v) is 5.53. The molecule has 0 aliphatic heterocycles. The fourth-order valence-electron chi connectivity index (χ4n) is 1.09. The van der Waals surface area contributed by atoms with Crippen LogP contribution in [0.2, 0.25) is 0 Å². The van der Waals surface area contributed by atoms with E-state index >= 15 is 0 Å². The van der Waals surface area contributed by atoms with Gasteiger partial charge in [0.15, 0.2) is 0 Å². The molecule has 0 fully saturated rings. The van der Waals surface area contributed by atoms with Gasteiger partial charge in [0.1, 0.15) is 6.26 Å². The van der Waals surface area contributed by atoms with E-state index in [9.17, 15) is 0 Å². The molecule has 0 aromatic carbocycles. The van der Waals surface area contributed by atoms with Crippen molar-refractivity contribution in [3.63, 3.8) is 0 Å². The summed E-state index contributed by atoms with van der Waals surface area (Å²) in [6, 6.07) is 0. The van der Waals surface area contributed by atoms with Crippen molar-refractivity contribution in [1.82, 2.24) is 5.16 Å². The van der Waals surface area contributed by atoms with Crippen molar-refractivity contribution in [3.05, 3.63) is 17.5 Å². The SMILES string of the molecule is CCSCCc1nocc1CC. The molecule has 0 N–H and O–H groups in total. The fourth-order valence-corrected chi connectivity index (χ4v) is 1.71. The van der Waals surface area contributed by atoms with Crippen LogP contribution < -0.4 is 0 Å². The number of aryl methyl sites for hydroxylation is 2. The van der Waals surface area contributed by atoms with Gasteiger partial charge in [-0.05, 0) is 17.9 Å². The Kier molecular flexibility index (Phi) is 4.22. The van der Waals surface area contributed by atoms with Crippen LogP contribution in [0.5, 0.6) is 0 Å². The van der Waals surface area contributed by atoms with E-state index in [1.54, 1.807) is 6.26 Å². The van der Waals surface area contributed by atoms with Crippen LogP contribution >= 0.6 is 11.8 Å². The molecule has 0 amide bonds.